The second-order valence-corrected chi connectivity index (χ2v) is 7.05. The predicted octanol–water partition coefficient (Wildman–Crippen LogP) is 1.00. The maximum absolute atomic E-state index is 11.2. The van der Waals surface area contributed by atoms with Gasteiger partial charge in [-0.25, -0.2) is 23.5 Å². The van der Waals surface area contributed by atoms with E-state index in [0.29, 0.717) is 23.1 Å². The van der Waals surface area contributed by atoms with Crippen molar-refractivity contribution >= 4 is 27.6 Å². The highest BCUT2D eigenvalue weighted by molar-refractivity contribution is 7.88. The van der Waals surface area contributed by atoms with E-state index in [-0.39, 0.29) is 5.75 Å². The lowest BCUT2D eigenvalue weighted by molar-refractivity contribution is 0.597. The van der Waals surface area contributed by atoms with Crippen molar-refractivity contribution in [2.75, 3.05) is 23.3 Å². The maximum Gasteiger partial charge on any atom is 0.231 e. The van der Waals surface area contributed by atoms with Gasteiger partial charge in [0.25, 0.3) is 0 Å². The van der Waals surface area contributed by atoms with Crippen molar-refractivity contribution in [2.45, 2.75) is 18.6 Å². The van der Waals surface area contributed by atoms with Crippen LogP contribution < -0.4 is 15.4 Å². The fourth-order valence-corrected chi connectivity index (χ4v) is 3.16. The predicted molar refractivity (Wildman–Crippen MR) is 87.8 cm³/mol. The summed E-state index contributed by atoms with van der Waals surface area (Å²) in [5.41, 5.74) is 1.30. The molecule has 0 amide bonds. The molecular weight excluding hydrogens is 316 g/mol. The Balaban J connectivity index is 1.76. The molecule has 3 rings (SSSR count). The monoisotopic (exact) mass is 334 g/mol. The van der Waals surface area contributed by atoms with Crippen molar-refractivity contribution in [2.24, 2.45) is 5.14 Å². The van der Waals surface area contributed by atoms with Crippen LogP contribution in [0.1, 0.15) is 18.4 Å². The van der Waals surface area contributed by atoms with Crippen LogP contribution in [-0.4, -0.2) is 36.5 Å². The molecule has 122 valence electrons. The van der Waals surface area contributed by atoms with Gasteiger partial charge in [0.05, 0.1) is 5.75 Å². The third kappa shape index (κ3) is 4.36. The van der Waals surface area contributed by atoms with Crippen LogP contribution in [0.5, 0.6) is 0 Å². The zero-order valence-electron chi connectivity index (χ0n) is 12.5. The summed E-state index contributed by atoms with van der Waals surface area (Å²) < 4.78 is 22.4. The van der Waals surface area contributed by atoms with Gasteiger partial charge >= 0.3 is 0 Å². The first kappa shape index (κ1) is 15.6. The molecule has 1 aliphatic heterocycles. The number of anilines is 3. The van der Waals surface area contributed by atoms with Crippen LogP contribution in [0, 0.1) is 0 Å². The van der Waals surface area contributed by atoms with Crippen molar-refractivity contribution in [1.82, 2.24) is 15.0 Å². The first-order valence-electron chi connectivity index (χ1n) is 7.30. The summed E-state index contributed by atoms with van der Waals surface area (Å²) >= 11 is 0. The Hall–Kier alpha value is -2.26. The van der Waals surface area contributed by atoms with E-state index >= 15 is 0 Å². The van der Waals surface area contributed by atoms with Crippen LogP contribution in [0.2, 0.25) is 0 Å². The second kappa shape index (κ2) is 6.47. The van der Waals surface area contributed by atoms with Crippen LogP contribution in [0.4, 0.5) is 17.6 Å². The molecule has 1 aromatic carbocycles. The van der Waals surface area contributed by atoms with Gasteiger partial charge in [-0.15, -0.1) is 0 Å². The van der Waals surface area contributed by atoms with Crippen LogP contribution in [0.15, 0.2) is 30.6 Å². The molecule has 8 nitrogen and oxygen atoms in total. The smallest absolute Gasteiger partial charge is 0.231 e. The minimum Gasteiger partial charge on any atom is -0.341 e. The molecule has 9 heteroatoms. The Morgan fingerprint density at radius 2 is 2.00 bits per heavy atom. The van der Waals surface area contributed by atoms with Crippen molar-refractivity contribution in [3.05, 3.63) is 36.2 Å². The van der Waals surface area contributed by atoms with Gasteiger partial charge in [0.2, 0.25) is 21.9 Å². The number of nitrogens with zero attached hydrogens (tertiary/aromatic N) is 4. The number of hydrogen-bond donors (Lipinski definition) is 2. The molecule has 23 heavy (non-hydrogen) atoms. The second-order valence-electron chi connectivity index (χ2n) is 5.44. The van der Waals surface area contributed by atoms with Crippen molar-refractivity contribution in [1.29, 1.82) is 0 Å². The van der Waals surface area contributed by atoms with Crippen LogP contribution in [0.25, 0.3) is 0 Å². The third-order valence-corrected chi connectivity index (χ3v) is 4.23. The normalized spacial score (nSPS) is 14.9. The first-order chi connectivity index (χ1) is 11.0. The van der Waals surface area contributed by atoms with Gasteiger partial charge < -0.3 is 10.2 Å². The molecule has 1 aromatic heterocycles. The Bertz CT molecular complexity index is 789. The van der Waals surface area contributed by atoms with Crippen LogP contribution in [-0.2, 0) is 15.8 Å². The number of nitrogens with two attached hydrogens (primary N) is 1. The molecule has 0 unspecified atom stereocenters. The third-order valence-electron chi connectivity index (χ3n) is 3.50. The lowest BCUT2D eigenvalue weighted by atomic mass is 10.2. The first-order valence-corrected chi connectivity index (χ1v) is 9.01. The van der Waals surface area contributed by atoms with E-state index in [1.807, 2.05) is 6.07 Å². The fraction of sp³-hybridized carbons (Fsp3) is 0.357. The van der Waals surface area contributed by atoms with Gasteiger partial charge in [-0.05, 0) is 30.5 Å². The number of rotatable bonds is 5. The number of benzene rings is 1. The molecule has 0 saturated carbocycles. The Labute approximate surface area is 134 Å². The van der Waals surface area contributed by atoms with Gasteiger partial charge in [-0.3, -0.25) is 0 Å². The standard InChI is InChI=1S/C14H18N6O2S/c15-23(21,22)9-11-4-3-5-12(8-11)18-13-16-10-17-14(19-13)20-6-1-2-7-20/h3-5,8,10H,1-2,6-7,9H2,(H2,15,21,22)(H,16,17,18,19). The van der Waals surface area contributed by atoms with Crippen molar-refractivity contribution in [3.8, 4) is 0 Å². The van der Waals surface area contributed by atoms with Crippen molar-refractivity contribution < 1.29 is 8.42 Å². The van der Waals surface area contributed by atoms with Gasteiger partial charge in [0.15, 0.2) is 0 Å². The number of aromatic nitrogens is 3. The van der Waals surface area contributed by atoms with E-state index in [1.165, 1.54) is 6.33 Å². The molecule has 1 fully saturated rings. The van der Waals surface area contributed by atoms with E-state index in [9.17, 15) is 8.42 Å². The lowest BCUT2D eigenvalue weighted by Crippen LogP contribution is -2.21. The van der Waals surface area contributed by atoms with E-state index in [1.54, 1.807) is 18.2 Å². The molecule has 0 aliphatic carbocycles. The Kier molecular flexibility index (Phi) is 4.39. The molecule has 1 aliphatic rings. The summed E-state index contributed by atoms with van der Waals surface area (Å²) in [6.07, 6.45) is 3.76. The summed E-state index contributed by atoms with van der Waals surface area (Å²) in [6, 6.07) is 6.99. The lowest BCUT2D eigenvalue weighted by Gasteiger charge is -2.15. The van der Waals surface area contributed by atoms with Gasteiger partial charge in [-0.2, -0.15) is 4.98 Å². The number of hydrogen-bond acceptors (Lipinski definition) is 7. The molecular formula is C14H18N6O2S. The quantitative estimate of drug-likeness (QED) is 0.838. The van der Waals surface area contributed by atoms with Gasteiger partial charge in [0, 0.05) is 18.8 Å². The highest BCUT2D eigenvalue weighted by atomic mass is 32.2. The van der Waals surface area contributed by atoms with Crippen LogP contribution in [0.3, 0.4) is 0 Å². The van der Waals surface area contributed by atoms with E-state index in [2.05, 4.69) is 25.2 Å². The minimum atomic E-state index is -3.56. The number of primary sulfonamides is 1. The number of sulfonamides is 1. The Morgan fingerprint density at radius 3 is 2.74 bits per heavy atom. The average Bonchev–Trinajstić information content (AvgIpc) is 3.00. The highest BCUT2D eigenvalue weighted by Gasteiger charge is 2.15. The number of nitrogens with one attached hydrogen (secondary N) is 1. The molecule has 3 N–H and O–H groups in total. The summed E-state index contributed by atoms with van der Waals surface area (Å²) in [7, 11) is -3.56. The zero-order valence-corrected chi connectivity index (χ0v) is 13.3. The fourth-order valence-electron chi connectivity index (χ4n) is 2.52. The summed E-state index contributed by atoms with van der Waals surface area (Å²) in [6.45, 7) is 1.90. The topological polar surface area (TPSA) is 114 Å². The van der Waals surface area contributed by atoms with Crippen LogP contribution >= 0.6 is 0 Å². The van der Waals surface area contributed by atoms with Gasteiger partial charge in [-0.1, -0.05) is 12.1 Å². The highest BCUT2D eigenvalue weighted by Crippen LogP contribution is 2.19. The summed E-state index contributed by atoms with van der Waals surface area (Å²) in [4.78, 5) is 14.8. The minimum absolute atomic E-state index is 0.210. The molecule has 1 saturated heterocycles. The van der Waals surface area contributed by atoms with E-state index in [0.717, 1.165) is 25.9 Å². The summed E-state index contributed by atoms with van der Waals surface area (Å²) in [5.74, 6) is 0.869. The van der Waals surface area contributed by atoms with E-state index < -0.39 is 10.0 Å². The molecule has 0 spiro atoms. The molecule has 0 atom stereocenters. The molecule has 0 bridgehead atoms. The molecule has 0 radical (unpaired) electrons. The van der Waals surface area contributed by atoms with E-state index in [4.69, 9.17) is 5.14 Å². The SMILES string of the molecule is NS(=O)(=O)Cc1cccc(Nc2ncnc(N3CCCC3)n2)c1. The van der Waals surface area contributed by atoms with Gasteiger partial charge in [0.1, 0.15) is 6.33 Å². The largest absolute Gasteiger partial charge is 0.341 e. The Morgan fingerprint density at radius 1 is 1.22 bits per heavy atom. The maximum atomic E-state index is 11.2. The van der Waals surface area contributed by atoms with Crippen molar-refractivity contribution in [3.63, 3.8) is 0 Å². The average molecular weight is 334 g/mol. The zero-order chi connectivity index (χ0) is 16.3. The molecule has 2 heterocycles. The summed E-state index contributed by atoms with van der Waals surface area (Å²) in [5, 5.41) is 8.14. The molecule has 2 aromatic rings.